The standard InChI is InChI=1S/C21H22N4O2/c1-15-13-16(2)23-21(22-15)27-19-9-12-25(14-19)20(26)17-5-7-18(8-6-17)24-10-3-4-11-24/h3-8,10-11,13,19H,9,12,14H2,1-2H3/t19-/m1/s1. The molecule has 1 atom stereocenters. The molecule has 0 saturated carbocycles. The lowest BCUT2D eigenvalue weighted by atomic mass is 10.2. The molecular weight excluding hydrogens is 340 g/mol. The third-order valence-corrected chi connectivity index (χ3v) is 4.68. The van der Waals surface area contributed by atoms with Crippen molar-refractivity contribution in [1.82, 2.24) is 19.4 Å². The Labute approximate surface area is 158 Å². The molecule has 138 valence electrons. The van der Waals surface area contributed by atoms with Gasteiger partial charge in [-0.2, -0.15) is 0 Å². The Kier molecular flexibility index (Phi) is 4.62. The summed E-state index contributed by atoms with van der Waals surface area (Å²) in [6, 6.07) is 13.9. The van der Waals surface area contributed by atoms with E-state index >= 15 is 0 Å². The van der Waals surface area contributed by atoms with Gasteiger partial charge in [0.2, 0.25) is 0 Å². The average molecular weight is 362 g/mol. The van der Waals surface area contributed by atoms with Gasteiger partial charge in [0.1, 0.15) is 6.10 Å². The van der Waals surface area contributed by atoms with Gasteiger partial charge in [-0.25, -0.2) is 9.97 Å². The molecule has 3 heterocycles. The van der Waals surface area contributed by atoms with Gasteiger partial charge in [-0.05, 0) is 56.3 Å². The first-order valence-electron chi connectivity index (χ1n) is 9.10. The average Bonchev–Trinajstić information content (AvgIpc) is 3.32. The number of aromatic nitrogens is 3. The highest BCUT2D eigenvalue weighted by Crippen LogP contribution is 2.19. The smallest absolute Gasteiger partial charge is 0.317 e. The van der Waals surface area contributed by atoms with Crippen molar-refractivity contribution < 1.29 is 9.53 Å². The summed E-state index contributed by atoms with van der Waals surface area (Å²) in [4.78, 5) is 23.3. The van der Waals surface area contributed by atoms with Crippen LogP contribution in [0.25, 0.3) is 5.69 Å². The van der Waals surface area contributed by atoms with Crippen molar-refractivity contribution in [3.63, 3.8) is 0 Å². The van der Waals surface area contributed by atoms with Gasteiger partial charge < -0.3 is 14.2 Å². The van der Waals surface area contributed by atoms with Gasteiger partial charge in [-0.1, -0.05) is 0 Å². The zero-order chi connectivity index (χ0) is 18.8. The SMILES string of the molecule is Cc1cc(C)nc(O[C@@H]2CCN(C(=O)c3ccc(-n4cccc4)cc3)C2)n1. The van der Waals surface area contributed by atoms with E-state index in [2.05, 4.69) is 9.97 Å². The van der Waals surface area contributed by atoms with Crippen LogP contribution in [0.5, 0.6) is 6.01 Å². The van der Waals surface area contributed by atoms with E-state index in [1.165, 1.54) is 0 Å². The maximum absolute atomic E-state index is 12.8. The molecule has 1 fully saturated rings. The molecule has 0 bridgehead atoms. The summed E-state index contributed by atoms with van der Waals surface area (Å²) in [5, 5.41) is 0. The van der Waals surface area contributed by atoms with Crippen molar-refractivity contribution in [2.24, 2.45) is 0 Å². The second-order valence-corrected chi connectivity index (χ2v) is 6.85. The van der Waals surface area contributed by atoms with E-state index in [1.807, 2.05) is 78.2 Å². The molecule has 4 rings (SSSR count). The number of hydrogen-bond donors (Lipinski definition) is 0. The van der Waals surface area contributed by atoms with Crippen LogP contribution in [-0.2, 0) is 0 Å². The number of ether oxygens (including phenoxy) is 1. The number of aryl methyl sites for hydroxylation is 2. The van der Waals surface area contributed by atoms with Gasteiger partial charge in [-0.15, -0.1) is 0 Å². The maximum Gasteiger partial charge on any atom is 0.317 e. The van der Waals surface area contributed by atoms with Crippen LogP contribution in [0.15, 0.2) is 54.9 Å². The molecule has 0 aliphatic carbocycles. The van der Waals surface area contributed by atoms with E-state index in [9.17, 15) is 4.79 Å². The van der Waals surface area contributed by atoms with Crippen molar-refractivity contribution in [3.8, 4) is 11.7 Å². The number of rotatable bonds is 4. The van der Waals surface area contributed by atoms with E-state index in [0.717, 1.165) is 23.5 Å². The quantitative estimate of drug-likeness (QED) is 0.715. The largest absolute Gasteiger partial charge is 0.458 e. The Bertz CT molecular complexity index is 915. The summed E-state index contributed by atoms with van der Waals surface area (Å²) in [6.45, 7) is 5.06. The van der Waals surface area contributed by atoms with Crippen LogP contribution < -0.4 is 4.74 Å². The van der Waals surface area contributed by atoms with Gasteiger partial charge in [0.05, 0.1) is 6.54 Å². The molecule has 0 radical (unpaired) electrons. The minimum Gasteiger partial charge on any atom is -0.458 e. The van der Waals surface area contributed by atoms with Gasteiger partial charge in [0, 0.05) is 48.0 Å². The molecule has 1 aliphatic heterocycles. The van der Waals surface area contributed by atoms with E-state index in [0.29, 0.717) is 24.7 Å². The van der Waals surface area contributed by atoms with E-state index < -0.39 is 0 Å². The summed E-state index contributed by atoms with van der Waals surface area (Å²) in [5.74, 6) is 0.0292. The van der Waals surface area contributed by atoms with E-state index in [1.54, 1.807) is 0 Å². The third kappa shape index (κ3) is 3.84. The number of carbonyl (C=O) groups is 1. The lowest BCUT2D eigenvalue weighted by Crippen LogP contribution is -2.31. The van der Waals surface area contributed by atoms with Crippen molar-refractivity contribution in [2.75, 3.05) is 13.1 Å². The topological polar surface area (TPSA) is 60.2 Å². The number of hydrogen-bond acceptors (Lipinski definition) is 4. The van der Waals surface area contributed by atoms with Crippen molar-refractivity contribution in [3.05, 3.63) is 71.8 Å². The Morgan fingerprint density at radius 1 is 1.07 bits per heavy atom. The molecule has 6 heteroatoms. The molecule has 1 aromatic carbocycles. The van der Waals surface area contributed by atoms with E-state index in [-0.39, 0.29) is 12.0 Å². The summed E-state index contributed by atoms with van der Waals surface area (Å²) in [5.41, 5.74) is 3.48. The van der Waals surface area contributed by atoms with Gasteiger partial charge in [0.15, 0.2) is 0 Å². The number of benzene rings is 1. The van der Waals surface area contributed by atoms with Gasteiger partial charge in [-0.3, -0.25) is 4.79 Å². The number of carbonyl (C=O) groups excluding carboxylic acids is 1. The molecule has 6 nitrogen and oxygen atoms in total. The molecular formula is C21H22N4O2. The Morgan fingerprint density at radius 3 is 2.41 bits per heavy atom. The molecule has 0 spiro atoms. The normalized spacial score (nSPS) is 16.5. The lowest BCUT2D eigenvalue weighted by molar-refractivity contribution is 0.0769. The summed E-state index contributed by atoms with van der Waals surface area (Å²) in [6.07, 6.45) is 4.67. The second kappa shape index (κ2) is 7.23. The summed E-state index contributed by atoms with van der Waals surface area (Å²) < 4.78 is 7.91. The zero-order valence-electron chi connectivity index (χ0n) is 15.5. The summed E-state index contributed by atoms with van der Waals surface area (Å²) >= 11 is 0. The van der Waals surface area contributed by atoms with Crippen LogP contribution in [0.3, 0.4) is 0 Å². The van der Waals surface area contributed by atoms with Crippen LogP contribution >= 0.6 is 0 Å². The second-order valence-electron chi connectivity index (χ2n) is 6.85. The summed E-state index contributed by atoms with van der Waals surface area (Å²) in [7, 11) is 0. The fourth-order valence-corrected chi connectivity index (χ4v) is 3.37. The Hall–Kier alpha value is -3.15. The number of likely N-dealkylation sites (tertiary alicyclic amines) is 1. The third-order valence-electron chi connectivity index (χ3n) is 4.68. The van der Waals surface area contributed by atoms with E-state index in [4.69, 9.17) is 4.74 Å². The predicted molar refractivity (Wildman–Crippen MR) is 102 cm³/mol. The van der Waals surface area contributed by atoms with Crippen LogP contribution in [0.1, 0.15) is 28.2 Å². The van der Waals surface area contributed by atoms with Crippen LogP contribution in [0, 0.1) is 13.8 Å². The van der Waals surface area contributed by atoms with Gasteiger partial charge >= 0.3 is 6.01 Å². The molecule has 27 heavy (non-hydrogen) atoms. The predicted octanol–water partition coefficient (Wildman–Crippen LogP) is 3.18. The highest BCUT2D eigenvalue weighted by molar-refractivity contribution is 5.94. The van der Waals surface area contributed by atoms with Crippen molar-refractivity contribution >= 4 is 5.91 Å². The fourth-order valence-electron chi connectivity index (χ4n) is 3.37. The number of nitrogens with zero attached hydrogens (tertiary/aromatic N) is 4. The molecule has 2 aromatic heterocycles. The lowest BCUT2D eigenvalue weighted by Gasteiger charge is -2.17. The van der Waals surface area contributed by atoms with Gasteiger partial charge in [0.25, 0.3) is 5.91 Å². The number of amides is 1. The molecule has 1 amide bonds. The fraction of sp³-hybridized carbons (Fsp3) is 0.286. The first-order chi connectivity index (χ1) is 13.1. The first kappa shape index (κ1) is 17.3. The monoisotopic (exact) mass is 362 g/mol. The van der Waals surface area contributed by atoms with Crippen molar-refractivity contribution in [2.45, 2.75) is 26.4 Å². The molecule has 0 N–H and O–H groups in total. The maximum atomic E-state index is 12.8. The minimum atomic E-state index is -0.0747. The molecule has 0 unspecified atom stereocenters. The molecule has 1 saturated heterocycles. The van der Waals surface area contributed by atoms with Crippen LogP contribution in [0.4, 0.5) is 0 Å². The minimum absolute atomic E-state index is 0.0292. The van der Waals surface area contributed by atoms with Crippen LogP contribution in [-0.4, -0.2) is 44.5 Å². The molecule has 1 aliphatic rings. The highest BCUT2D eigenvalue weighted by atomic mass is 16.5. The Balaban J connectivity index is 1.40. The first-order valence-corrected chi connectivity index (χ1v) is 9.10. The highest BCUT2D eigenvalue weighted by Gasteiger charge is 2.29. The zero-order valence-corrected chi connectivity index (χ0v) is 15.5. The molecule has 3 aromatic rings. The Morgan fingerprint density at radius 2 is 1.74 bits per heavy atom. The van der Waals surface area contributed by atoms with Crippen LogP contribution in [0.2, 0.25) is 0 Å². The van der Waals surface area contributed by atoms with Crippen molar-refractivity contribution in [1.29, 1.82) is 0 Å².